The third kappa shape index (κ3) is 2.61. The zero-order valence-corrected chi connectivity index (χ0v) is 11.3. The largest absolute Gasteiger partial charge is 0.490 e. The fourth-order valence-corrected chi connectivity index (χ4v) is 2.02. The number of benzene rings is 1. The van der Waals surface area contributed by atoms with Crippen LogP contribution in [0.25, 0.3) is 0 Å². The molecular formula is C15H17N3O2. The van der Waals surface area contributed by atoms with Crippen molar-refractivity contribution in [2.75, 3.05) is 24.3 Å². The molecule has 20 heavy (non-hydrogen) atoms. The average molecular weight is 271 g/mol. The van der Waals surface area contributed by atoms with Crippen LogP contribution in [0.5, 0.6) is 11.5 Å². The molecule has 5 nitrogen and oxygen atoms in total. The molecule has 3 N–H and O–H groups in total. The molecule has 0 radical (unpaired) electrons. The number of pyridine rings is 1. The van der Waals surface area contributed by atoms with Crippen molar-refractivity contribution in [3.05, 3.63) is 36.0 Å². The second kappa shape index (κ2) is 5.28. The Hall–Kier alpha value is -2.43. The summed E-state index contributed by atoms with van der Waals surface area (Å²) >= 11 is 0. The van der Waals surface area contributed by atoms with Crippen molar-refractivity contribution in [2.24, 2.45) is 0 Å². The van der Waals surface area contributed by atoms with Crippen molar-refractivity contribution in [2.45, 2.75) is 13.3 Å². The van der Waals surface area contributed by atoms with Gasteiger partial charge < -0.3 is 20.5 Å². The van der Waals surface area contributed by atoms with Crippen LogP contribution >= 0.6 is 0 Å². The topological polar surface area (TPSA) is 69.4 Å². The van der Waals surface area contributed by atoms with Gasteiger partial charge in [-0.05, 0) is 30.7 Å². The maximum absolute atomic E-state index is 5.76. The molecule has 5 heteroatoms. The summed E-state index contributed by atoms with van der Waals surface area (Å²) in [6.45, 7) is 3.32. The van der Waals surface area contributed by atoms with Gasteiger partial charge in [-0.1, -0.05) is 0 Å². The van der Waals surface area contributed by atoms with Crippen molar-refractivity contribution in [1.82, 2.24) is 4.98 Å². The van der Waals surface area contributed by atoms with E-state index in [1.165, 1.54) is 0 Å². The van der Waals surface area contributed by atoms with Crippen LogP contribution in [0.1, 0.15) is 12.0 Å². The molecule has 0 unspecified atom stereocenters. The average Bonchev–Trinajstić information content (AvgIpc) is 2.68. The van der Waals surface area contributed by atoms with Gasteiger partial charge in [-0.2, -0.15) is 0 Å². The van der Waals surface area contributed by atoms with Gasteiger partial charge in [0.15, 0.2) is 11.5 Å². The Morgan fingerprint density at radius 3 is 2.75 bits per heavy atom. The summed E-state index contributed by atoms with van der Waals surface area (Å²) in [5, 5.41) is 3.24. The zero-order valence-electron chi connectivity index (χ0n) is 11.3. The summed E-state index contributed by atoms with van der Waals surface area (Å²) in [7, 11) is 0. The number of aryl methyl sites for hydroxylation is 1. The molecule has 0 bridgehead atoms. The van der Waals surface area contributed by atoms with Gasteiger partial charge in [0, 0.05) is 18.2 Å². The highest BCUT2D eigenvalue weighted by Gasteiger charge is 2.11. The molecule has 0 atom stereocenters. The monoisotopic (exact) mass is 271 g/mol. The van der Waals surface area contributed by atoms with Gasteiger partial charge in [0.25, 0.3) is 0 Å². The van der Waals surface area contributed by atoms with Crippen LogP contribution in [-0.2, 0) is 0 Å². The molecular weight excluding hydrogens is 254 g/mol. The molecule has 1 aromatic carbocycles. The Balaban J connectivity index is 1.83. The first kappa shape index (κ1) is 12.6. The lowest BCUT2D eigenvalue weighted by Crippen LogP contribution is -1.98. The first-order chi connectivity index (χ1) is 9.72. The number of nitrogen functional groups attached to an aromatic ring is 1. The number of nitrogens with zero attached hydrogens (tertiary/aromatic N) is 1. The predicted molar refractivity (Wildman–Crippen MR) is 78.7 cm³/mol. The first-order valence-corrected chi connectivity index (χ1v) is 6.61. The lowest BCUT2D eigenvalue weighted by atomic mass is 10.2. The molecule has 3 rings (SSSR count). The van der Waals surface area contributed by atoms with Gasteiger partial charge in [-0.3, -0.25) is 0 Å². The molecule has 0 saturated heterocycles. The Kier molecular flexibility index (Phi) is 3.33. The fourth-order valence-electron chi connectivity index (χ4n) is 2.02. The van der Waals surface area contributed by atoms with Crippen molar-refractivity contribution in [1.29, 1.82) is 0 Å². The Morgan fingerprint density at radius 1 is 1.15 bits per heavy atom. The second-order valence-corrected chi connectivity index (χ2v) is 4.76. The van der Waals surface area contributed by atoms with Gasteiger partial charge >= 0.3 is 0 Å². The minimum atomic E-state index is 0.676. The van der Waals surface area contributed by atoms with Crippen LogP contribution in [0.4, 0.5) is 17.2 Å². The van der Waals surface area contributed by atoms with Crippen LogP contribution in [-0.4, -0.2) is 18.2 Å². The molecule has 1 aliphatic heterocycles. The molecule has 1 aromatic heterocycles. The van der Waals surface area contributed by atoms with Gasteiger partial charge in [0.2, 0.25) is 0 Å². The van der Waals surface area contributed by atoms with Gasteiger partial charge in [0.1, 0.15) is 5.82 Å². The van der Waals surface area contributed by atoms with Crippen LogP contribution in [0.15, 0.2) is 30.5 Å². The maximum Gasteiger partial charge on any atom is 0.163 e. The zero-order chi connectivity index (χ0) is 13.9. The quantitative estimate of drug-likeness (QED) is 0.879. The van der Waals surface area contributed by atoms with E-state index in [0.29, 0.717) is 18.9 Å². The second-order valence-electron chi connectivity index (χ2n) is 4.76. The van der Waals surface area contributed by atoms with E-state index >= 15 is 0 Å². The third-order valence-electron chi connectivity index (χ3n) is 3.17. The van der Waals surface area contributed by atoms with E-state index in [-0.39, 0.29) is 0 Å². The van der Waals surface area contributed by atoms with Crippen LogP contribution in [0.3, 0.4) is 0 Å². The molecule has 1 aliphatic rings. The minimum Gasteiger partial charge on any atom is -0.490 e. The van der Waals surface area contributed by atoms with Crippen LogP contribution in [0.2, 0.25) is 0 Å². The molecule has 2 heterocycles. The number of nitrogens with one attached hydrogen (secondary N) is 1. The number of anilines is 3. The summed E-state index contributed by atoms with van der Waals surface area (Å²) in [5.74, 6) is 2.31. The number of hydrogen-bond donors (Lipinski definition) is 2. The standard InChI is InChI=1S/C15H17N3O2/c1-10-7-15(17-9-12(10)16)18-11-3-4-13-14(8-11)20-6-2-5-19-13/h3-4,7-9H,2,5-6,16H2,1H3,(H,17,18). The van der Waals surface area contributed by atoms with E-state index in [1.807, 2.05) is 31.2 Å². The van der Waals surface area contributed by atoms with E-state index in [4.69, 9.17) is 15.2 Å². The molecule has 2 aromatic rings. The highest BCUT2D eigenvalue weighted by atomic mass is 16.5. The lowest BCUT2D eigenvalue weighted by Gasteiger charge is -2.11. The molecule has 0 amide bonds. The van der Waals surface area contributed by atoms with E-state index in [9.17, 15) is 0 Å². The van der Waals surface area contributed by atoms with Gasteiger partial charge in [-0.25, -0.2) is 4.98 Å². The number of fused-ring (bicyclic) bond motifs is 1. The molecule has 104 valence electrons. The smallest absolute Gasteiger partial charge is 0.163 e. The third-order valence-corrected chi connectivity index (χ3v) is 3.17. The van der Waals surface area contributed by atoms with Crippen molar-refractivity contribution < 1.29 is 9.47 Å². The van der Waals surface area contributed by atoms with Crippen LogP contribution < -0.4 is 20.5 Å². The summed E-state index contributed by atoms with van der Waals surface area (Å²) in [6.07, 6.45) is 2.55. The SMILES string of the molecule is Cc1cc(Nc2ccc3c(c2)OCCCO3)ncc1N. The predicted octanol–water partition coefficient (Wildman–Crippen LogP) is 2.88. The fraction of sp³-hybridized carbons (Fsp3) is 0.267. The Morgan fingerprint density at radius 2 is 1.95 bits per heavy atom. The molecule has 0 saturated carbocycles. The first-order valence-electron chi connectivity index (χ1n) is 6.61. The summed E-state index contributed by atoms with van der Waals surface area (Å²) < 4.78 is 11.3. The number of nitrogens with two attached hydrogens (primary N) is 1. The summed E-state index contributed by atoms with van der Waals surface area (Å²) in [6, 6.07) is 7.69. The molecule has 0 fully saturated rings. The van der Waals surface area contributed by atoms with E-state index < -0.39 is 0 Å². The van der Waals surface area contributed by atoms with E-state index in [2.05, 4.69) is 10.3 Å². The highest BCUT2D eigenvalue weighted by Crippen LogP contribution is 2.33. The normalized spacial score (nSPS) is 13.7. The van der Waals surface area contributed by atoms with E-state index in [1.54, 1.807) is 6.20 Å². The van der Waals surface area contributed by atoms with Gasteiger partial charge in [0.05, 0.1) is 25.1 Å². The minimum absolute atomic E-state index is 0.676. The molecule has 0 spiro atoms. The highest BCUT2D eigenvalue weighted by molar-refractivity contribution is 5.63. The van der Waals surface area contributed by atoms with Crippen LogP contribution in [0, 0.1) is 6.92 Å². The summed E-state index contributed by atoms with van der Waals surface area (Å²) in [4.78, 5) is 4.26. The maximum atomic E-state index is 5.76. The lowest BCUT2D eigenvalue weighted by molar-refractivity contribution is 0.297. The number of aromatic nitrogens is 1. The Labute approximate surface area is 117 Å². The Bertz CT molecular complexity index is 629. The molecule has 0 aliphatic carbocycles. The number of rotatable bonds is 2. The van der Waals surface area contributed by atoms with E-state index in [0.717, 1.165) is 35.0 Å². The number of ether oxygens (including phenoxy) is 2. The van der Waals surface area contributed by atoms with Crippen molar-refractivity contribution in [3.8, 4) is 11.5 Å². The van der Waals surface area contributed by atoms with Gasteiger partial charge in [-0.15, -0.1) is 0 Å². The number of hydrogen-bond acceptors (Lipinski definition) is 5. The van der Waals surface area contributed by atoms with Crippen molar-refractivity contribution in [3.63, 3.8) is 0 Å². The summed E-state index contributed by atoms with van der Waals surface area (Å²) in [5.41, 5.74) is 8.36. The van der Waals surface area contributed by atoms with Crippen molar-refractivity contribution >= 4 is 17.2 Å².